The number of ether oxygens (including phenoxy) is 1. The van der Waals surface area contributed by atoms with E-state index in [1.54, 1.807) is 24.3 Å². The number of benzene rings is 2. The fraction of sp³-hybridized carbons (Fsp3) is 0.278. The van der Waals surface area contributed by atoms with Crippen LogP contribution in [0.1, 0.15) is 12.5 Å². The Labute approximate surface area is 157 Å². The predicted octanol–water partition coefficient (Wildman–Crippen LogP) is 2.07. The molecule has 0 aliphatic rings. The molecule has 0 aliphatic heterocycles. The number of nitrogens with two attached hydrogens (primary N) is 1. The quantitative estimate of drug-likeness (QED) is 0.479. The average Bonchev–Trinajstić information content (AvgIpc) is 2.62. The van der Waals surface area contributed by atoms with Crippen molar-refractivity contribution in [2.24, 2.45) is 5.73 Å². The molecule has 8 nitrogen and oxygen atoms in total. The highest BCUT2D eigenvalue weighted by Gasteiger charge is 2.32. The van der Waals surface area contributed by atoms with E-state index in [4.69, 9.17) is 20.3 Å². The first-order valence-corrected chi connectivity index (χ1v) is 9.76. The summed E-state index contributed by atoms with van der Waals surface area (Å²) in [6, 6.07) is 16.7. The number of carbonyl (C=O) groups excluding carboxylic acids is 1. The van der Waals surface area contributed by atoms with Crippen molar-refractivity contribution in [2.75, 3.05) is 18.5 Å². The molecule has 2 aromatic rings. The van der Waals surface area contributed by atoms with Gasteiger partial charge in [-0.05, 0) is 36.8 Å². The predicted molar refractivity (Wildman–Crippen MR) is 101 cm³/mol. The number of anilines is 1. The summed E-state index contributed by atoms with van der Waals surface area (Å²) in [6.45, 7) is 1.22. The van der Waals surface area contributed by atoms with Gasteiger partial charge >= 0.3 is 7.82 Å². The molecule has 1 atom stereocenters. The van der Waals surface area contributed by atoms with Crippen LogP contribution in [0.5, 0.6) is 5.75 Å². The van der Waals surface area contributed by atoms with Gasteiger partial charge in [-0.1, -0.05) is 30.3 Å². The zero-order valence-electron chi connectivity index (χ0n) is 14.9. The lowest BCUT2D eigenvalue weighted by Crippen LogP contribution is -2.52. The van der Waals surface area contributed by atoms with Crippen molar-refractivity contribution < 1.29 is 28.4 Å². The topological polar surface area (TPSA) is 131 Å². The summed E-state index contributed by atoms with van der Waals surface area (Å²) in [6.07, 6.45) is 0.782. The maximum absolute atomic E-state index is 12.2. The van der Waals surface area contributed by atoms with Crippen LogP contribution < -0.4 is 15.8 Å². The standard InChI is InChI=1S/C18H23N2O6P/c1-18(19,13-26-27(22,23)24)17(21)20-15-7-9-16(10-8-15)25-12-11-14-5-3-2-4-6-14/h2-10H,11-13,19H2,1H3,(H,20,21)(H2,22,23,24)/t18-/m0/s1. The molecule has 0 heterocycles. The molecule has 9 heteroatoms. The smallest absolute Gasteiger partial charge is 0.469 e. The number of nitrogens with one attached hydrogen (secondary N) is 1. The molecule has 0 bridgehead atoms. The summed E-state index contributed by atoms with van der Waals surface area (Å²) < 4.78 is 20.7. The van der Waals surface area contributed by atoms with E-state index in [-0.39, 0.29) is 0 Å². The van der Waals surface area contributed by atoms with Gasteiger partial charge in [0, 0.05) is 12.1 Å². The summed E-state index contributed by atoms with van der Waals surface area (Å²) in [7, 11) is -4.70. The first-order chi connectivity index (χ1) is 12.7. The van der Waals surface area contributed by atoms with Crippen LogP contribution in [0.15, 0.2) is 54.6 Å². The molecule has 0 saturated carbocycles. The molecule has 0 radical (unpaired) electrons. The molecule has 27 heavy (non-hydrogen) atoms. The van der Waals surface area contributed by atoms with Gasteiger partial charge < -0.3 is 25.6 Å². The van der Waals surface area contributed by atoms with Gasteiger partial charge in [-0.2, -0.15) is 0 Å². The lowest BCUT2D eigenvalue weighted by Gasteiger charge is -2.23. The highest BCUT2D eigenvalue weighted by molar-refractivity contribution is 7.46. The average molecular weight is 394 g/mol. The zero-order valence-corrected chi connectivity index (χ0v) is 15.8. The first kappa shape index (κ1) is 21.1. The fourth-order valence-corrected chi connectivity index (χ4v) is 2.56. The summed E-state index contributed by atoms with van der Waals surface area (Å²) in [5.74, 6) is 0.0259. The summed E-state index contributed by atoms with van der Waals surface area (Å²) in [4.78, 5) is 29.6. The molecular weight excluding hydrogens is 371 g/mol. The summed E-state index contributed by atoms with van der Waals surface area (Å²) >= 11 is 0. The number of hydrogen-bond donors (Lipinski definition) is 4. The van der Waals surface area contributed by atoms with Gasteiger partial charge in [0.1, 0.15) is 11.3 Å². The number of phosphoric acid groups is 1. The molecule has 0 unspecified atom stereocenters. The molecule has 0 aliphatic carbocycles. The molecule has 5 N–H and O–H groups in total. The minimum Gasteiger partial charge on any atom is -0.493 e. The largest absolute Gasteiger partial charge is 0.493 e. The van der Waals surface area contributed by atoms with Crippen molar-refractivity contribution in [3.05, 3.63) is 60.2 Å². The van der Waals surface area contributed by atoms with Crippen molar-refractivity contribution >= 4 is 19.4 Å². The Morgan fingerprint density at radius 2 is 1.78 bits per heavy atom. The molecule has 1 amide bonds. The van der Waals surface area contributed by atoms with Crippen molar-refractivity contribution in [3.8, 4) is 5.75 Å². The number of rotatable bonds is 9. The highest BCUT2D eigenvalue weighted by Crippen LogP contribution is 2.36. The van der Waals surface area contributed by atoms with E-state index in [1.165, 1.54) is 12.5 Å². The van der Waals surface area contributed by atoms with Gasteiger partial charge in [0.15, 0.2) is 0 Å². The second-order valence-corrected chi connectivity index (χ2v) is 7.48. The van der Waals surface area contributed by atoms with Crippen molar-refractivity contribution in [1.82, 2.24) is 0 Å². The highest BCUT2D eigenvalue weighted by atomic mass is 31.2. The molecule has 0 fully saturated rings. The van der Waals surface area contributed by atoms with Crippen LogP contribution in [0.2, 0.25) is 0 Å². The van der Waals surface area contributed by atoms with E-state index in [0.29, 0.717) is 18.0 Å². The minimum atomic E-state index is -4.70. The summed E-state index contributed by atoms with van der Waals surface area (Å²) in [5.41, 5.74) is 5.81. The number of hydrogen-bond acceptors (Lipinski definition) is 5. The number of phosphoric ester groups is 1. The van der Waals surface area contributed by atoms with E-state index in [9.17, 15) is 9.36 Å². The number of amides is 1. The fourth-order valence-electron chi connectivity index (χ4n) is 2.12. The van der Waals surface area contributed by atoms with Crippen LogP contribution in [-0.4, -0.2) is 34.4 Å². The lowest BCUT2D eigenvalue weighted by molar-refractivity contribution is -0.121. The monoisotopic (exact) mass is 394 g/mol. The molecule has 0 spiro atoms. The van der Waals surface area contributed by atoms with Gasteiger partial charge in [-0.25, -0.2) is 4.57 Å². The molecule has 146 valence electrons. The summed E-state index contributed by atoms with van der Waals surface area (Å²) in [5, 5.41) is 2.58. The number of carbonyl (C=O) groups is 1. The van der Waals surface area contributed by atoms with Gasteiger partial charge in [0.2, 0.25) is 5.91 Å². The van der Waals surface area contributed by atoms with E-state index in [2.05, 4.69) is 9.84 Å². The zero-order chi connectivity index (χ0) is 19.9. The lowest BCUT2D eigenvalue weighted by atomic mass is 10.0. The van der Waals surface area contributed by atoms with Crippen LogP contribution in [-0.2, 0) is 20.3 Å². The Morgan fingerprint density at radius 3 is 2.37 bits per heavy atom. The third-order valence-corrected chi connectivity index (χ3v) is 4.13. The van der Waals surface area contributed by atoms with Gasteiger partial charge in [-0.3, -0.25) is 9.32 Å². The Morgan fingerprint density at radius 1 is 1.15 bits per heavy atom. The van der Waals surface area contributed by atoms with Crippen molar-refractivity contribution in [2.45, 2.75) is 18.9 Å². The van der Waals surface area contributed by atoms with Crippen LogP contribution in [0, 0.1) is 0 Å². The van der Waals surface area contributed by atoms with Crippen LogP contribution in [0.3, 0.4) is 0 Å². The molecular formula is C18H23N2O6P. The molecule has 0 saturated heterocycles. The van der Waals surface area contributed by atoms with E-state index in [0.717, 1.165) is 6.42 Å². The maximum atomic E-state index is 12.2. The Balaban J connectivity index is 1.83. The van der Waals surface area contributed by atoms with E-state index in [1.807, 2.05) is 30.3 Å². The molecule has 2 aromatic carbocycles. The van der Waals surface area contributed by atoms with Crippen molar-refractivity contribution in [3.63, 3.8) is 0 Å². The van der Waals surface area contributed by atoms with E-state index < -0.39 is 25.9 Å². The van der Waals surface area contributed by atoms with E-state index >= 15 is 0 Å². The van der Waals surface area contributed by atoms with Crippen LogP contribution >= 0.6 is 7.82 Å². The SMILES string of the molecule is C[C@](N)(COP(=O)(O)O)C(=O)Nc1ccc(OCCc2ccccc2)cc1. The first-order valence-electron chi connectivity index (χ1n) is 8.23. The van der Waals surface area contributed by atoms with Crippen LogP contribution in [0.25, 0.3) is 0 Å². The second-order valence-electron chi connectivity index (χ2n) is 6.24. The Hall–Kier alpha value is -2.22. The Kier molecular flexibility index (Phi) is 7.12. The van der Waals surface area contributed by atoms with Gasteiger partial charge in [0.05, 0.1) is 13.2 Å². The van der Waals surface area contributed by atoms with Crippen LogP contribution in [0.4, 0.5) is 5.69 Å². The normalized spacial score (nSPS) is 13.6. The third kappa shape index (κ3) is 7.50. The maximum Gasteiger partial charge on any atom is 0.469 e. The van der Waals surface area contributed by atoms with Gasteiger partial charge in [-0.15, -0.1) is 0 Å². The third-order valence-electron chi connectivity index (χ3n) is 3.67. The van der Waals surface area contributed by atoms with Gasteiger partial charge in [0.25, 0.3) is 0 Å². The van der Waals surface area contributed by atoms with Crippen molar-refractivity contribution in [1.29, 1.82) is 0 Å². The molecule has 2 rings (SSSR count). The Bertz CT molecular complexity index is 789. The second kappa shape index (κ2) is 9.12. The molecule has 0 aromatic heterocycles. The minimum absolute atomic E-state index is 0.475.